The molecule has 0 aliphatic heterocycles. The van der Waals surface area contributed by atoms with E-state index in [1.165, 1.54) is 28.6 Å². The van der Waals surface area contributed by atoms with Crippen LogP contribution < -0.4 is 10.9 Å². The summed E-state index contributed by atoms with van der Waals surface area (Å²) in [6.07, 6.45) is 4.53. The van der Waals surface area contributed by atoms with Crippen molar-refractivity contribution in [3.05, 3.63) is 82.1 Å². The molecule has 0 unspecified atom stereocenters. The van der Waals surface area contributed by atoms with E-state index < -0.39 is 0 Å². The van der Waals surface area contributed by atoms with Crippen molar-refractivity contribution in [3.63, 3.8) is 0 Å². The Bertz CT molecular complexity index is 1390. The Morgan fingerprint density at radius 1 is 1.10 bits per heavy atom. The van der Waals surface area contributed by atoms with Gasteiger partial charge in [-0.25, -0.2) is 14.6 Å². The van der Waals surface area contributed by atoms with Gasteiger partial charge >= 0.3 is 0 Å². The zero-order valence-electron chi connectivity index (χ0n) is 16.1. The van der Waals surface area contributed by atoms with Crippen LogP contribution in [0, 0.1) is 0 Å². The summed E-state index contributed by atoms with van der Waals surface area (Å²) in [5, 5.41) is 11.4. The normalized spacial score (nSPS) is 11.1. The minimum Gasteiger partial charge on any atom is -0.350 e. The van der Waals surface area contributed by atoms with Gasteiger partial charge in [-0.05, 0) is 29.1 Å². The van der Waals surface area contributed by atoms with E-state index >= 15 is 0 Å². The average molecular weight is 449 g/mol. The van der Waals surface area contributed by atoms with Crippen molar-refractivity contribution < 1.29 is 4.79 Å². The number of aromatic nitrogens is 5. The van der Waals surface area contributed by atoms with Gasteiger partial charge in [0.2, 0.25) is 5.91 Å². The van der Waals surface area contributed by atoms with Crippen LogP contribution in [0.15, 0.2) is 70.9 Å². The summed E-state index contributed by atoms with van der Waals surface area (Å²) >= 11 is 3.01. The lowest BCUT2D eigenvalue weighted by molar-refractivity contribution is -0.121. The van der Waals surface area contributed by atoms with Crippen molar-refractivity contribution >= 4 is 38.8 Å². The second kappa shape index (κ2) is 8.25. The summed E-state index contributed by atoms with van der Waals surface area (Å²) in [5.41, 5.74) is 2.49. The molecule has 0 radical (unpaired) electrons. The Kier molecular flexibility index (Phi) is 5.14. The zero-order valence-corrected chi connectivity index (χ0v) is 17.8. The highest BCUT2D eigenvalue weighted by atomic mass is 32.1. The molecular formula is C21H16N6O2S2. The van der Waals surface area contributed by atoms with E-state index in [1.54, 1.807) is 22.3 Å². The number of amides is 1. The van der Waals surface area contributed by atoms with Gasteiger partial charge in [-0.3, -0.25) is 14.2 Å². The summed E-state index contributed by atoms with van der Waals surface area (Å²) in [5.74, 6) is -0.253. The molecule has 4 heterocycles. The molecule has 154 valence electrons. The monoisotopic (exact) mass is 448 g/mol. The van der Waals surface area contributed by atoms with Gasteiger partial charge in [0.05, 0.1) is 17.4 Å². The maximum atomic E-state index is 13.0. The highest BCUT2D eigenvalue weighted by molar-refractivity contribution is 7.18. The van der Waals surface area contributed by atoms with Crippen molar-refractivity contribution in [1.29, 1.82) is 0 Å². The largest absolute Gasteiger partial charge is 0.350 e. The van der Waals surface area contributed by atoms with E-state index in [4.69, 9.17) is 0 Å². The van der Waals surface area contributed by atoms with Crippen LogP contribution in [0.25, 0.3) is 26.3 Å². The van der Waals surface area contributed by atoms with Gasteiger partial charge in [0.25, 0.3) is 5.56 Å². The highest BCUT2D eigenvalue weighted by Gasteiger charge is 2.15. The van der Waals surface area contributed by atoms with E-state index in [1.807, 2.05) is 47.2 Å². The molecule has 0 atom stereocenters. The van der Waals surface area contributed by atoms with Crippen LogP contribution in [0.4, 0.5) is 0 Å². The molecule has 0 aliphatic carbocycles. The molecule has 0 saturated carbocycles. The number of hydrogen-bond donors (Lipinski definition) is 1. The number of fused-ring (bicyclic) bond motifs is 1. The summed E-state index contributed by atoms with van der Waals surface area (Å²) in [7, 11) is 0. The van der Waals surface area contributed by atoms with Gasteiger partial charge in [-0.15, -0.1) is 22.7 Å². The van der Waals surface area contributed by atoms with Crippen molar-refractivity contribution in [2.24, 2.45) is 0 Å². The Hall–Kier alpha value is -3.63. The Balaban J connectivity index is 1.29. The second-order valence-corrected chi connectivity index (χ2v) is 8.57. The number of thiophene rings is 2. The zero-order chi connectivity index (χ0) is 21.2. The van der Waals surface area contributed by atoms with Crippen LogP contribution in [0.5, 0.6) is 0 Å². The van der Waals surface area contributed by atoms with Gasteiger partial charge in [0.1, 0.15) is 24.0 Å². The first-order valence-electron chi connectivity index (χ1n) is 9.40. The fourth-order valence-corrected chi connectivity index (χ4v) is 4.93. The van der Waals surface area contributed by atoms with Gasteiger partial charge in [0, 0.05) is 22.4 Å². The maximum Gasteiger partial charge on any atom is 0.263 e. The van der Waals surface area contributed by atoms with E-state index in [9.17, 15) is 9.59 Å². The molecule has 8 nitrogen and oxygen atoms in total. The van der Waals surface area contributed by atoms with Gasteiger partial charge < -0.3 is 5.32 Å². The quantitative estimate of drug-likeness (QED) is 0.431. The maximum absolute atomic E-state index is 13.0. The first-order valence-corrected chi connectivity index (χ1v) is 11.2. The van der Waals surface area contributed by atoms with Gasteiger partial charge in [-0.2, -0.15) is 5.10 Å². The molecule has 1 aromatic carbocycles. The molecule has 5 rings (SSSR count). The molecule has 1 amide bonds. The third kappa shape index (κ3) is 3.90. The second-order valence-electron chi connectivity index (χ2n) is 6.77. The third-order valence-corrected chi connectivity index (χ3v) is 6.56. The van der Waals surface area contributed by atoms with Crippen molar-refractivity contribution in [1.82, 2.24) is 29.6 Å². The average Bonchev–Trinajstić information content (AvgIpc) is 3.55. The summed E-state index contributed by atoms with van der Waals surface area (Å²) in [6.45, 7) is 0.276. The highest BCUT2D eigenvalue weighted by Crippen LogP contribution is 2.33. The summed E-state index contributed by atoms with van der Waals surface area (Å²) in [6, 6.07) is 11.6. The molecular weight excluding hydrogens is 432 g/mol. The number of benzene rings is 1. The fraction of sp³-hybridized carbons (Fsp3) is 0.0952. The molecule has 0 bridgehead atoms. The number of nitrogens with one attached hydrogen (secondary N) is 1. The fourth-order valence-electron chi connectivity index (χ4n) is 3.21. The van der Waals surface area contributed by atoms with Crippen LogP contribution >= 0.6 is 22.7 Å². The third-order valence-electron chi connectivity index (χ3n) is 4.77. The SMILES string of the molecule is O=C(Cn1cnc2scc(-c3cccs3)c2c1=O)NCc1ccc(-n2cncn2)cc1. The Morgan fingerprint density at radius 3 is 2.71 bits per heavy atom. The van der Waals surface area contributed by atoms with Crippen LogP contribution in [0.3, 0.4) is 0 Å². The van der Waals surface area contributed by atoms with E-state index in [0.29, 0.717) is 16.8 Å². The van der Waals surface area contributed by atoms with Crippen LogP contribution in [-0.2, 0) is 17.9 Å². The molecule has 5 aromatic rings. The Labute approximate surface area is 184 Å². The lowest BCUT2D eigenvalue weighted by atomic mass is 10.2. The number of nitrogens with zero attached hydrogens (tertiary/aromatic N) is 5. The van der Waals surface area contributed by atoms with Gasteiger partial charge in [-0.1, -0.05) is 18.2 Å². The predicted octanol–water partition coefficient (Wildman–Crippen LogP) is 3.08. The molecule has 0 spiro atoms. The van der Waals surface area contributed by atoms with E-state index in [-0.39, 0.29) is 18.0 Å². The standard InChI is InChI=1S/C21H16N6O2S2/c28-18(23-8-14-3-5-15(6-4-14)27-12-22-11-25-27)9-26-13-24-20-19(21(26)29)16(10-31-20)17-2-1-7-30-17/h1-7,10-13H,8-9H2,(H,23,28). The first kappa shape index (κ1) is 19.3. The number of rotatable bonds is 6. The van der Waals surface area contributed by atoms with Crippen molar-refractivity contribution in [2.75, 3.05) is 0 Å². The summed E-state index contributed by atoms with van der Waals surface area (Å²) < 4.78 is 3.02. The van der Waals surface area contributed by atoms with Crippen LogP contribution in [0.2, 0.25) is 0 Å². The minimum atomic E-state index is -0.253. The molecule has 0 aliphatic rings. The topological polar surface area (TPSA) is 94.7 Å². The number of carbonyl (C=O) groups is 1. The molecule has 0 saturated heterocycles. The molecule has 10 heteroatoms. The lowest BCUT2D eigenvalue weighted by Crippen LogP contribution is -2.32. The van der Waals surface area contributed by atoms with E-state index in [0.717, 1.165) is 21.7 Å². The summed E-state index contributed by atoms with van der Waals surface area (Å²) in [4.78, 5) is 35.5. The minimum absolute atomic E-state index is 0.0848. The predicted molar refractivity (Wildman–Crippen MR) is 120 cm³/mol. The Morgan fingerprint density at radius 2 is 1.97 bits per heavy atom. The van der Waals surface area contributed by atoms with E-state index in [2.05, 4.69) is 20.4 Å². The van der Waals surface area contributed by atoms with Crippen LogP contribution in [-0.4, -0.2) is 30.2 Å². The molecule has 4 aromatic heterocycles. The van der Waals surface area contributed by atoms with Crippen molar-refractivity contribution in [2.45, 2.75) is 13.1 Å². The number of hydrogen-bond acceptors (Lipinski definition) is 7. The molecule has 1 N–H and O–H groups in total. The van der Waals surface area contributed by atoms with Crippen molar-refractivity contribution in [3.8, 4) is 16.1 Å². The smallest absolute Gasteiger partial charge is 0.263 e. The molecule has 0 fully saturated rings. The number of carbonyl (C=O) groups excluding carboxylic acids is 1. The van der Waals surface area contributed by atoms with Crippen LogP contribution in [0.1, 0.15) is 5.56 Å². The van der Waals surface area contributed by atoms with Gasteiger partial charge in [0.15, 0.2) is 0 Å². The first-order chi connectivity index (χ1) is 15.2. The molecule has 31 heavy (non-hydrogen) atoms. The lowest BCUT2D eigenvalue weighted by Gasteiger charge is -2.08.